The van der Waals surface area contributed by atoms with Crippen molar-refractivity contribution in [2.24, 2.45) is 5.16 Å². The van der Waals surface area contributed by atoms with Crippen molar-refractivity contribution in [1.82, 2.24) is 4.90 Å². The molecule has 2 rings (SSSR count). The number of halogens is 1. The molecule has 1 heterocycles. The second kappa shape index (κ2) is 5.49. The molecule has 0 saturated carbocycles. The van der Waals surface area contributed by atoms with Gasteiger partial charge in [0.1, 0.15) is 6.21 Å². The minimum absolute atomic E-state index is 0.435. The summed E-state index contributed by atoms with van der Waals surface area (Å²) < 4.78 is 1.07. The summed E-state index contributed by atoms with van der Waals surface area (Å²) in [4.78, 5) is 13.6. The van der Waals surface area contributed by atoms with Gasteiger partial charge in [-0.25, -0.2) is 0 Å². The van der Waals surface area contributed by atoms with Crippen LogP contribution in [0.1, 0.15) is 11.1 Å². The number of rotatable bonds is 2. The predicted octanol–water partition coefficient (Wildman–Crippen LogP) is 1.84. The summed E-state index contributed by atoms with van der Waals surface area (Å²) in [7, 11) is 2.05. The summed E-state index contributed by atoms with van der Waals surface area (Å²) in [5, 5.41) is 13.8. The van der Waals surface area contributed by atoms with Gasteiger partial charge < -0.3 is 15.4 Å². The first-order chi connectivity index (χ1) is 8.61. The Balaban J connectivity index is 2.34. The number of nitrogens with zero attached hydrogens (tertiary/aromatic N) is 2. The highest BCUT2D eigenvalue weighted by molar-refractivity contribution is 9.10. The van der Waals surface area contributed by atoms with E-state index in [2.05, 4.69) is 31.3 Å². The summed E-state index contributed by atoms with van der Waals surface area (Å²) in [6.45, 7) is 1.79. The number of hydrogen-bond acceptors (Lipinski definition) is 4. The number of carbonyl (C=O) groups is 1. The minimum Gasteiger partial charge on any atom is -0.411 e. The molecule has 0 aromatic heterocycles. The van der Waals surface area contributed by atoms with Crippen molar-refractivity contribution < 1.29 is 10.0 Å². The zero-order valence-corrected chi connectivity index (χ0v) is 11.6. The van der Waals surface area contributed by atoms with Gasteiger partial charge in [-0.3, -0.25) is 4.79 Å². The van der Waals surface area contributed by atoms with Crippen molar-refractivity contribution in [3.63, 3.8) is 0 Å². The van der Waals surface area contributed by atoms with Crippen LogP contribution in [0.4, 0.5) is 5.69 Å². The summed E-state index contributed by atoms with van der Waals surface area (Å²) in [6.07, 6.45) is 1.80. The summed E-state index contributed by atoms with van der Waals surface area (Å²) in [6, 6.07) is 3.78. The van der Waals surface area contributed by atoms with Gasteiger partial charge in [0.05, 0.1) is 0 Å². The number of nitrogens with one attached hydrogen (secondary N) is 1. The van der Waals surface area contributed by atoms with Gasteiger partial charge in [-0.15, -0.1) is 0 Å². The van der Waals surface area contributed by atoms with Crippen LogP contribution < -0.4 is 5.32 Å². The van der Waals surface area contributed by atoms with Crippen LogP contribution in [0.3, 0.4) is 0 Å². The van der Waals surface area contributed by atoms with E-state index in [1.54, 1.807) is 0 Å². The average Bonchev–Trinajstić information content (AvgIpc) is 2.33. The molecule has 5 nitrogen and oxygen atoms in total. The lowest BCUT2D eigenvalue weighted by Crippen LogP contribution is -2.28. The highest BCUT2D eigenvalue weighted by Crippen LogP contribution is 2.31. The first-order valence-electron chi connectivity index (χ1n) is 5.59. The molecule has 1 aromatic rings. The maximum atomic E-state index is 11.4. The monoisotopic (exact) mass is 311 g/mol. The predicted molar refractivity (Wildman–Crippen MR) is 73.1 cm³/mol. The molecule has 18 heavy (non-hydrogen) atoms. The molecular formula is C12H14BrN3O2. The highest BCUT2D eigenvalue weighted by atomic mass is 79.9. The largest absolute Gasteiger partial charge is 0.411 e. The lowest BCUT2D eigenvalue weighted by molar-refractivity contribution is -0.110. The Morgan fingerprint density at radius 2 is 2.33 bits per heavy atom. The van der Waals surface area contributed by atoms with Crippen molar-refractivity contribution in [3.05, 3.63) is 27.7 Å². The van der Waals surface area contributed by atoms with Crippen LogP contribution in [0.25, 0.3) is 0 Å². The van der Waals surface area contributed by atoms with E-state index in [9.17, 15) is 4.79 Å². The molecule has 0 bridgehead atoms. The smallest absolute Gasteiger partial charge is 0.270 e. The molecule has 0 saturated heterocycles. The van der Waals surface area contributed by atoms with Crippen molar-refractivity contribution in [3.8, 4) is 0 Å². The number of oxime groups is 1. The summed E-state index contributed by atoms with van der Waals surface area (Å²) >= 11 is 3.54. The van der Waals surface area contributed by atoms with E-state index in [-0.39, 0.29) is 0 Å². The SMILES string of the molecule is CN1CCc2c(Br)ccc(NC(=O)/C=N/O)c2C1. The third-order valence-corrected chi connectivity index (χ3v) is 3.72. The molecule has 1 aromatic carbocycles. The van der Waals surface area contributed by atoms with E-state index >= 15 is 0 Å². The van der Waals surface area contributed by atoms with E-state index in [4.69, 9.17) is 5.21 Å². The second-order valence-corrected chi connectivity index (χ2v) is 5.13. The Kier molecular flexibility index (Phi) is 3.98. The maximum absolute atomic E-state index is 11.4. The van der Waals surface area contributed by atoms with E-state index in [1.807, 2.05) is 19.2 Å². The Bertz CT molecular complexity index is 502. The molecule has 0 fully saturated rings. The van der Waals surface area contributed by atoms with E-state index in [0.717, 1.165) is 41.4 Å². The molecule has 0 radical (unpaired) electrons. The maximum Gasteiger partial charge on any atom is 0.270 e. The number of anilines is 1. The number of fused-ring (bicyclic) bond motifs is 1. The van der Waals surface area contributed by atoms with Gasteiger partial charge in [-0.1, -0.05) is 21.1 Å². The molecule has 2 N–H and O–H groups in total. The fourth-order valence-electron chi connectivity index (χ4n) is 2.10. The van der Waals surface area contributed by atoms with E-state index in [1.165, 1.54) is 5.56 Å². The van der Waals surface area contributed by atoms with Crippen molar-refractivity contribution in [2.75, 3.05) is 18.9 Å². The Morgan fingerprint density at radius 3 is 3.06 bits per heavy atom. The molecular weight excluding hydrogens is 298 g/mol. The first-order valence-corrected chi connectivity index (χ1v) is 6.38. The van der Waals surface area contributed by atoms with Crippen LogP contribution >= 0.6 is 15.9 Å². The lowest BCUT2D eigenvalue weighted by atomic mass is 9.98. The molecule has 96 valence electrons. The molecule has 1 amide bonds. The van der Waals surface area contributed by atoms with Crippen LogP contribution in [-0.4, -0.2) is 35.8 Å². The van der Waals surface area contributed by atoms with E-state index < -0.39 is 5.91 Å². The summed E-state index contributed by atoms with van der Waals surface area (Å²) in [5.41, 5.74) is 3.11. The van der Waals surface area contributed by atoms with Crippen molar-refractivity contribution >= 4 is 33.7 Å². The van der Waals surface area contributed by atoms with Crippen LogP contribution in [-0.2, 0) is 17.8 Å². The van der Waals surface area contributed by atoms with Crippen LogP contribution in [0.15, 0.2) is 21.8 Å². The Labute approximate surface area is 114 Å². The number of carbonyl (C=O) groups excluding carboxylic acids is 1. The first kappa shape index (κ1) is 13.0. The van der Waals surface area contributed by atoms with Crippen LogP contribution in [0, 0.1) is 0 Å². The van der Waals surface area contributed by atoms with Gasteiger partial charge >= 0.3 is 0 Å². The Morgan fingerprint density at radius 1 is 1.56 bits per heavy atom. The lowest BCUT2D eigenvalue weighted by Gasteiger charge is -2.27. The molecule has 0 aliphatic carbocycles. The quantitative estimate of drug-likeness (QED) is 0.497. The molecule has 6 heteroatoms. The zero-order chi connectivity index (χ0) is 13.1. The average molecular weight is 312 g/mol. The molecule has 1 aliphatic rings. The topological polar surface area (TPSA) is 64.9 Å². The summed E-state index contributed by atoms with van der Waals surface area (Å²) in [5.74, 6) is -0.435. The van der Waals surface area contributed by atoms with Crippen LogP contribution in [0.5, 0.6) is 0 Å². The van der Waals surface area contributed by atoms with Gasteiger partial charge in [0.2, 0.25) is 0 Å². The molecule has 0 atom stereocenters. The third kappa shape index (κ3) is 2.70. The van der Waals surface area contributed by atoms with Gasteiger partial charge in [-0.2, -0.15) is 0 Å². The van der Waals surface area contributed by atoms with Gasteiger partial charge in [-0.05, 0) is 36.7 Å². The third-order valence-electron chi connectivity index (χ3n) is 2.98. The number of amides is 1. The minimum atomic E-state index is -0.435. The highest BCUT2D eigenvalue weighted by Gasteiger charge is 2.19. The standard InChI is InChI=1S/C12H14BrN3O2/c1-16-5-4-8-9(7-16)11(3-2-10(8)13)15-12(17)6-14-18/h2-3,6,18H,4-5,7H2,1H3,(H,15,17)/b14-6+. The molecule has 0 spiro atoms. The Hall–Kier alpha value is -1.40. The fraction of sp³-hybridized carbons (Fsp3) is 0.333. The molecule has 1 aliphatic heterocycles. The van der Waals surface area contributed by atoms with E-state index in [0.29, 0.717) is 0 Å². The number of likely N-dealkylation sites (N-methyl/N-ethyl adjacent to an activating group) is 1. The van der Waals surface area contributed by atoms with Crippen LogP contribution in [0.2, 0.25) is 0 Å². The van der Waals surface area contributed by atoms with Crippen molar-refractivity contribution in [1.29, 1.82) is 0 Å². The number of hydrogen-bond donors (Lipinski definition) is 2. The van der Waals surface area contributed by atoms with Gasteiger partial charge in [0.25, 0.3) is 5.91 Å². The zero-order valence-electron chi connectivity index (χ0n) is 9.98. The number of benzene rings is 1. The van der Waals surface area contributed by atoms with Gasteiger partial charge in [0.15, 0.2) is 0 Å². The fourth-order valence-corrected chi connectivity index (χ4v) is 2.67. The van der Waals surface area contributed by atoms with Gasteiger partial charge in [0, 0.05) is 23.2 Å². The second-order valence-electron chi connectivity index (χ2n) is 4.27. The molecule has 0 unspecified atom stereocenters. The normalized spacial score (nSPS) is 15.7. The van der Waals surface area contributed by atoms with Crippen molar-refractivity contribution in [2.45, 2.75) is 13.0 Å².